The summed E-state index contributed by atoms with van der Waals surface area (Å²) >= 11 is 6.18. The number of hydrogen-bond acceptors (Lipinski definition) is 4. The van der Waals surface area contributed by atoms with Crippen molar-refractivity contribution in [2.75, 3.05) is 18.6 Å². The molecule has 0 aliphatic carbocycles. The van der Waals surface area contributed by atoms with Gasteiger partial charge in [-0.1, -0.05) is 29.8 Å². The van der Waals surface area contributed by atoms with Gasteiger partial charge in [0.15, 0.2) is 11.5 Å². The van der Waals surface area contributed by atoms with Gasteiger partial charge in [0, 0.05) is 0 Å². The Kier molecular flexibility index (Phi) is 3.97. The third kappa shape index (κ3) is 3.11. The fraction of sp³-hybridized carbons (Fsp3) is 0.188. The molecule has 4 nitrogen and oxygen atoms in total. The van der Waals surface area contributed by atoms with Gasteiger partial charge in [-0.3, -0.25) is 5.43 Å². The molecular weight excluding hydrogens is 288 g/mol. The smallest absolute Gasteiger partial charge is 0.179 e. The monoisotopic (exact) mass is 302 g/mol. The molecule has 108 valence electrons. The molecule has 1 aliphatic rings. The topological polar surface area (TPSA) is 42.9 Å². The molecule has 21 heavy (non-hydrogen) atoms. The zero-order valence-corrected chi connectivity index (χ0v) is 12.4. The molecular formula is C16H15ClN2O2. The first-order valence-electron chi connectivity index (χ1n) is 6.68. The van der Waals surface area contributed by atoms with E-state index in [0.29, 0.717) is 29.7 Å². The van der Waals surface area contributed by atoms with Gasteiger partial charge in [-0.15, -0.1) is 0 Å². The fourth-order valence-corrected chi connectivity index (χ4v) is 2.35. The largest absolute Gasteiger partial charge is 0.486 e. The number of fused-ring (bicyclic) bond motifs is 1. The molecule has 0 radical (unpaired) electrons. The Morgan fingerprint density at radius 3 is 2.86 bits per heavy atom. The van der Waals surface area contributed by atoms with Crippen LogP contribution in [0.4, 0.5) is 5.69 Å². The maximum absolute atomic E-state index is 6.18. The lowest BCUT2D eigenvalue weighted by Crippen LogP contribution is -2.15. The van der Waals surface area contributed by atoms with Crippen LogP contribution in [0.1, 0.15) is 11.1 Å². The highest BCUT2D eigenvalue weighted by Crippen LogP contribution is 2.37. The zero-order valence-electron chi connectivity index (χ0n) is 11.6. The van der Waals surface area contributed by atoms with Crippen molar-refractivity contribution in [3.8, 4) is 11.5 Å². The standard InChI is InChI=1S/C16H15ClN2O2/c1-11-4-2-3-5-14(11)19-18-10-12-8-13(17)16-15(9-12)20-6-7-21-16/h2-5,8-10,19H,6-7H2,1H3/b18-10-. The van der Waals surface area contributed by atoms with Gasteiger partial charge in [-0.2, -0.15) is 5.10 Å². The van der Waals surface area contributed by atoms with Crippen LogP contribution in [0.2, 0.25) is 5.02 Å². The van der Waals surface area contributed by atoms with Gasteiger partial charge in [-0.25, -0.2) is 0 Å². The summed E-state index contributed by atoms with van der Waals surface area (Å²) in [5.74, 6) is 1.26. The van der Waals surface area contributed by atoms with Crippen LogP contribution in [0, 0.1) is 6.92 Å². The van der Waals surface area contributed by atoms with Gasteiger partial charge < -0.3 is 9.47 Å². The van der Waals surface area contributed by atoms with E-state index in [2.05, 4.69) is 10.5 Å². The van der Waals surface area contributed by atoms with E-state index in [4.69, 9.17) is 21.1 Å². The third-order valence-corrected chi connectivity index (χ3v) is 3.44. The first kappa shape index (κ1) is 13.8. The quantitative estimate of drug-likeness (QED) is 0.691. The Labute approximate surface area is 128 Å². The van der Waals surface area contributed by atoms with Gasteiger partial charge in [0.1, 0.15) is 13.2 Å². The predicted octanol–water partition coefficient (Wildman–Crippen LogP) is 3.87. The molecule has 1 heterocycles. The molecule has 0 spiro atoms. The summed E-state index contributed by atoms with van der Waals surface area (Å²) in [4.78, 5) is 0. The lowest BCUT2D eigenvalue weighted by atomic mass is 10.2. The number of anilines is 1. The Balaban J connectivity index is 1.77. The highest BCUT2D eigenvalue weighted by Gasteiger charge is 2.15. The minimum Gasteiger partial charge on any atom is -0.486 e. The first-order valence-corrected chi connectivity index (χ1v) is 7.06. The van der Waals surface area contributed by atoms with Crippen LogP contribution in [0.15, 0.2) is 41.5 Å². The number of aryl methyl sites for hydroxylation is 1. The van der Waals surface area contributed by atoms with E-state index >= 15 is 0 Å². The maximum atomic E-state index is 6.18. The summed E-state index contributed by atoms with van der Waals surface area (Å²) in [6, 6.07) is 11.6. The molecule has 0 aromatic heterocycles. The number of nitrogens with zero attached hydrogens (tertiary/aromatic N) is 1. The van der Waals surface area contributed by atoms with Gasteiger partial charge in [0.05, 0.1) is 16.9 Å². The van der Waals surface area contributed by atoms with Crippen molar-refractivity contribution in [1.82, 2.24) is 0 Å². The van der Waals surface area contributed by atoms with Crippen molar-refractivity contribution < 1.29 is 9.47 Å². The van der Waals surface area contributed by atoms with Crippen LogP contribution in [-0.2, 0) is 0 Å². The molecule has 0 atom stereocenters. The number of nitrogens with one attached hydrogen (secondary N) is 1. The van der Waals surface area contributed by atoms with Gasteiger partial charge in [0.25, 0.3) is 0 Å². The number of para-hydroxylation sites is 1. The third-order valence-electron chi connectivity index (χ3n) is 3.16. The number of rotatable bonds is 3. The number of hydrazone groups is 1. The SMILES string of the molecule is Cc1ccccc1N/N=C\c1cc(Cl)c2c(c1)OCCO2. The summed E-state index contributed by atoms with van der Waals surface area (Å²) in [5, 5.41) is 4.76. The second-order valence-corrected chi connectivity index (χ2v) is 5.12. The molecule has 1 N–H and O–H groups in total. The van der Waals surface area contributed by atoms with Crippen molar-refractivity contribution in [3.63, 3.8) is 0 Å². The van der Waals surface area contributed by atoms with E-state index in [0.717, 1.165) is 16.8 Å². The number of benzene rings is 2. The molecule has 3 rings (SSSR count). The zero-order chi connectivity index (χ0) is 14.7. The van der Waals surface area contributed by atoms with Gasteiger partial charge >= 0.3 is 0 Å². The Morgan fingerprint density at radius 2 is 2.00 bits per heavy atom. The van der Waals surface area contributed by atoms with Gasteiger partial charge in [0.2, 0.25) is 0 Å². The van der Waals surface area contributed by atoms with Crippen molar-refractivity contribution in [1.29, 1.82) is 0 Å². The first-order chi connectivity index (χ1) is 10.2. The van der Waals surface area contributed by atoms with Crippen LogP contribution in [0.3, 0.4) is 0 Å². The molecule has 0 saturated heterocycles. The molecule has 2 aromatic carbocycles. The predicted molar refractivity (Wildman–Crippen MR) is 84.8 cm³/mol. The van der Waals surface area contributed by atoms with Gasteiger partial charge in [-0.05, 0) is 36.2 Å². The van der Waals surface area contributed by atoms with Crippen LogP contribution in [0.5, 0.6) is 11.5 Å². The average Bonchev–Trinajstić information content (AvgIpc) is 2.49. The minimum absolute atomic E-state index is 0.523. The van der Waals surface area contributed by atoms with Crippen molar-refractivity contribution in [2.45, 2.75) is 6.92 Å². The van der Waals surface area contributed by atoms with Crippen LogP contribution < -0.4 is 14.9 Å². The lowest BCUT2D eigenvalue weighted by molar-refractivity contribution is 0.171. The Morgan fingerprint density at radius 1 is 1.19 bits per heavy atom. The molecule has 5 heteroatoms. The highest BCUT2D eigenvalue weighted by atomic mass is 35.5. The minimum atomic E-state index is 0.523. The van der Waals surface area contributed by atoms with Crippen molar-refractivity contribution >= 4 is 23.5 Å². The Hall–Kier alpha value is -2.20. The second-order valence-electron chi connectivity index (χ2n) is 4.71. The van der Waals surface area contributed by atoms with Crippen LogP contribution >= 0.6 is 11.6 Å². The van der Waals surface area contributed by atoms with Crippen molar-refractivity contribution in [2.24, 2.45) is 5.10 Å². The van der Waals surface area contributed by atoms with Crippen molar-refractivity contribution in [3.05, 3.63) is 52.5 Å². The summed E-state index contributed by atoms with van der Waals surface area (Å²) in [6.07, 6.45) is 1.70. The van der Waals surface area contributed by atoms with Crippen LogP contribution in [0.25, 0.3) is 0 Å². The van der Waals surface area contributed by atoms with E-state index in [1.165, 1.54) is 0 Å². The molecule has 0 fully saturated rings. The molecule has 0 bridgehead atoms. The van der Waals surface area contributed by atoms with E-state index in [1.807, 2.05) is 37.3 Å². The van der Waals surface area contributed by atoms with Crippen LogP contribution in [-0.4, -0.2) is 19.4 Å². The summed E-state index contributed by atoms with van der Waals surface area (Å²) in [6.45, 7) is 3.08. The molecule has 0 unspecified atom stereocenters. The maximum Gasteiger partial charge on any atom is 0.179 e. The van der Waals surface area contributed by atoms with E-state index < -0.39 is 0 Å². The number of halogens is 1. The number of hydrogen-bond donors (Lipinski definition) is 1. The normalized spacial score (nSPS) is 13.4. The van der Waals surface area contributed by atoms with E-state index in [9.17, 15) is 0 Å². The second kappa shape index (κ2) is 6.06. The molecule has 0 saturated carbocycles. The van der Waals surface area contributed by atoms with E-state index in [-0.39, 0.29) is 0 Å². The summed E-state index contributed by atoms with van der Waals surface area (Å²) in [5.41, 5.74) is 5.97. The highest BCUT2D eigenvalue weighted by molar-refractivity contribution is 6.32. The number of ether oxygens (including phenoxy) is 2. The fourth-order valence-electron chi connectivity index (χ4n) is 2.08. The summed E-state index contributed by atoms with van der Waals surface area (Å²) < 4.78 is 11.0. The molecule has 0 amide bonds. The molecule has 2 aromatic rings. The Bertz CT molecular complexity index is 686. The lowest BCUT2D eigenvalue weighted by Gasteiger charge is -2.19. The summed E-state index contributed by atoms with van der Waals surface area (Å²) in [7, 11) is 0. The molecule has 1 aliphatic heterocycles. The van der Waals surface area contributed by atoms with E-state index in [1.54, 1.807) is 12.3 Å². The average molecular weight is 303 g/mol.